The van der Waals surface area contributed by atoms with Crippen molar-refractivity contribution in [3.63, 3.8) is 0 Å². The highest BCUT2D eigenvalue weighted by Gasteiger charge is 2.15. The number of nitrogens with one attached hydrogen (secondary N) is 1. The van der Waals surface area contributed by atoms with Crippen LogP contribution in [-0.2, 0) is 29.1 Å². The van der Waals surface area contributed by atoms with Crippen LogP contribution in [0.2, 0.25) is 0 Å². The van der Waals surface area contributed by atoms with E-state index in [1.807, 2.05) is 55.8 Å². The lowest BCUT2D eigenvalue weighted by molar-refractivity contribution is -0.133. The third-order valence-corrected chi connectivity index (χ3v) is 4.96. The van der Waals surface area contributed by atoms with Gasteiger partial charge in [-0.25, -0.2) is 0 Å². The summed E-state index contributed by atoms with van der Waals surface area (Å²) in [6.45, 7) is 7.47. The number of hydrogen-bond donors (Lipinski definition) is 1. The number of nitriles is 1. The number of aryl methyl sites for hydroxylation is 2. The Hall–Kier alpha value is -3.14. The average molecular weight is 396 g/mol. The normalized spacial score (nSPS) is 10.4. The number of amides is 2. The van der Waals surface area contributed by atoms with Crippen LogP contribution in [0.25, 0.3) is 0 Å². The third kappa shape index (κ3) is 6.46. The Balaban J connectivity index is 1.83. The molecule has 29 heavy (non-hydrogen) atoms. The van der Waals surface area contributed by atoms with E-state index in [9.17, 15) is 9.59 Å². The van der Waals surface area contributed by atoms with Crippen molar-refractivity contribution in [1.82, 2.24) is 20.0 Å². The quantitative estimate of drug-likeness (QED) is 0.669. The number of carbonyl (C=O) groups excluding carboxylic acids is 2. The summed E-state index contributed by atoms with van der Waals surface area (Å²) in [7, 11) is 0. The molecule has 0 radical (unpaired) electrons. The molecule has 7 heteroatoms. The fourth-order valence-electron chi connectivity index (χ4n) is 3.26. The monoisotopic (exact) mass is 395 g/mol. The summed E-state index contributed by atoms with van der Waals surface area (Å²) < 4.78 is 1.82. The van der Waals surface area contributed by atoms with Crippen molar-refractivity contribution in [2.45, 2.75) is 53.1 Å². The Labute approximate surface area is 172 Å². The van der Waals surface area contributed by atoms with E-state index < -0.39 is 0 Å². The van der Waals surface area contributed by atoms with Gasteiger partial charge in [0.25, 0.3) is 0 Å². The van der Waals surface area contributed by atoms with Crippen LogP contribution in [0.1, 0.15) is 42.3 Å². The van der Waals surface area contributed by atoms with Gasteiger partial charge in [-0.15, -0.1) is 0 Å². The van der Waals surface area contributed by atoms with Crippen LogP contribution < -0.4 is 5.32 Å². The SMILES string of the molecule is CCN(Cc1ccccc1)C(=O)CNC(=O)CCc1c(C)nn(CCC#N)c1C. The zero-order chi connectivity index (χ0) is 21.2. The first-order valence-electron chi connectivity index (χ1n) is 9.94. The van der Waals surface area contributed by atoms with Gasteiger partial charge in [-0.05, 0) is 38.3 Å². The number of hydrogen-bond acceptors (Lipinski definition) is 4. The van der Waals surface area contributed by atoms with E-state index in [1.165, 1.54) is 0 Å². The van der Waals surface area contributed by atoms with Crippen LogP contribution in [0.5, 0.6) is 0 Å². The standard InChI is InChI=1S/C22H29N5O2/c1-4-26(16-19-9-6-5-7-10-19)22(29)15-24-21(28)12-11-20-17(2)25-27(18(20)3)14-8-13-23/h5-7,9-10H,4,8,11-12,14-16H2,1-3H3,(H,24,28). The second kappa shape index (κ2) is 11.0. The van der Waals surface area contributed by atoms with Crippen molar-refractivity contribution in [1.29, 1.82) is 5.26 Å². The van der Waals surface area contributed by atoms with Crippen molar-refractivity contribution >= 4 is 11.8 Å². The van der Waals surface area contributed by atoms with Gasteiger partial charge in [-0.3, -0.25) is 14.3 Å². The maximum Gasteiger partial charge on any atom is 0.242 e. The molecule has 154 valence electrons. The van der Waals surface area contributed by atoms with Gasteiger partial charge in [0.05, 0.1) is 31.3 Å². The smallest absolute Gasteiger partial charge is 0.242 e. The molecule has 0 unspecified atom stereocenters. The first-order valence-corrected chi connectivity index (χ1v) is 9.94. The fourth-order valence-corrected chi connectivity index (χ4v) is 3.26. The van der Waals surface area contributed by atoms with Crippen LogP contribution in [0, 0.1) is 25.2 Å². The molecule has 0 aliphatic carbocycles. The van der Waals surface area contributed by atoms with Gasteiger partial charge in [0.1, 0.15) is 0 Å². The van der Waals surface area contributed by atoms with Crippen molar-refractivity contribution in [2.75, 3.05) is 13.1 Å². The summed E-state index contributed by atoms with van der Waals surface area (Å²) in [5, 5.41) is 15.9. The molecule has 0 saturated heterocycles. The highest BCUT2D eigenvalue weighted by Crippen LogP contribution is 2.15. The van der Waals surface area contributed by atoms with Crippen molar-refractivity contribution in [3.8, 4) is 6.07 Å². The van der Waals surface area contributed by atoms with E-state index in [2.05, 4.69) is 16.5 Å². The van der Waals surface area contributed by atoms with Crippen molar-refractivity contribution in [2.24, 2.45) is 0 Å². The van der Waals surface area contributed by atoms with Gasteiger partial charge in [-0.2, -0.15) is 10.4 Å². The predicted octanol–water partition coefficient (Wildman–Crippen LogP) is 2.51. The van der Waals surface area contributed by atoms with Gasteiger partial charge in [0.2, 0.25) is 11.8 Å². The summed E-state index contributed by atoms with van der Waals surface area (Å²) in [6, 6.07) is 11.9. The van der Waals surface area contributed by atoms with Crippen molar-refractivity contribution < 1.29 is 9.59 Å². The topological polar surface area (TPSA) is 91.0 Å². The molecule has 7 nitrogen and oxygen atoms in total. The number of aromatic nitrogens is 2. The maximum atomic E-state index is 12.4. The Morgan fingerprint density at radius 1 is 1.24 bits per heavy atom. The molecule has 2 aromatic rings. The minimum atomic E-state index is -0.155. The molecule has 1 heterocycles. The largest absolute Gasteiger partial charge is 0.347 e. The molecule has 2 rings (SSSR count). The minimum Gasteiger partial charge on any atom is -0.347 e. The maximum absolute atomic E-state index is 12.4. The molecule has 1 N–H and O–H groups in total. The molecular formula is C22H29N5O2. The van der Waals surface area contributed by atoms with Crippen LogP contribution in [0.4, 0.5) is 0 Å². The summed E-state index contributed by atoms with van der Waals surface area (Å²) in [5.41, 5.74) is 3.96. The Kier molecular flexibility index (Phi) is 8.41. The van der Waals surface area contributed by atoms with Gasteiger partial charge < -0.3 is 10.2 Å². The molecule has 0 saturated carbocycles. The molecule has 0 aliphatic heterocycles. The molecule has 0 spiro atoms. The summed E-state index contributed by atoms with van der Waals surface area (Å²) in [5.74, 6) is -0.251. The van der Waals surface area contributed by atoms with E-state index in [1.54, 1.807) is 4.90 Å². The number of rotatable bonds is 10. The second-order valence-electron chi connectivity index (χ2n) is 6.95. The van der Waals surface area contributed by atoms with E-state index in [4.69, 9.17) is 5.26 Å². The molecule has 0 bridgehead atoms. The first kappa shape index (κ1) is 22.2. The van der Waals surface area contributed by atoms with Crippen molar-refractivity contribution in [3.05, 3.63) is 52.8 Å². The fraction of sp³-hybridized carbons (Fsp3) is 0.455. The molecule has 2 amide bonds. The van der Waals surface area contributed by atoms with E-state index in [0.29, 0.717) is 38.9 Å². The van der Waals surface area contributed by atoms with Gasteiger partial charge in [0, 0.05) is 25.2 Å². The average Bonchev–Trinajstić information content (AvgIpc) is 3.00. The predicted molar refractivity (Wildman–Crippen MR) is 111 cm³/mol. The highest BCUT2D eigenvalue weighted by molar-refractivity contribution is 5.84. The summed E-state index contributed by atoms with van der Waals surface area (Å²) in [6.07, 6.45) is 1.26. The summed E-state index contributed by atoms with van der Waals surface area (Å²) in [4.78, 5) is 26.4. The third-order valence-electron chi connectivity index (χ3n) is 4.96. The second-order valence-corrected chi connectivity index (χ2v) is 6.95. The van der Waals surface area contributed by atoms with E-state index in [0.717, 1.165) is 22.5 Å². The van der Waals surface area contributed by atoms with Crippen LogP contribution >= 0.6 is 0 Å². The van der Waals surface area contributed by atoms with E-state index in [-0.39, 0.29) is 18.4 Å². The lowest BCUT2D eigenvalue weighted by atomic mass is 10.1. The zero-order valence-electron chi connectivity index (χ0n) is 17.4. The van der Waals surface area contributed by atoms with Gasteiger partial charge in [-0.1, -0.05) is 30.3 Å². The van der Waals surface area contributed by atoms with Crippen LogP contribution in [0.15, 0.2) is 30.3 Å². The Morgan fingerprint density at radius 2 is 1.97 bits per heavy atom. The lowest BCUT2D eigenvalue weighted by Gasteiger charge is -2.21. The van der Waals surface area contributed by atoms with Crippen LogP contribution in [-0.4, -0.2) is 39.6 Å². The minimum absolute atomic E-state index is 0.00109. The Morgan fingerprint density at radius 3 is 2.62 bits per heavy atom. The van der Waals surface area contributed by atoms with E-state index >= 15 is 0 Å². The zero-order valence-corrected chi connectivity index (χ0v) is 17.4. The lowest BCUT2D eigenvalue weighted by Crippen LogP contribution is -2.39. The molecule has 0 fully saturated rings. The number of likely N-dealkylation sites (N-methyl/N-ethyl adjacent to an activating group) is 1. The molecular weight excluding hydrogens is 366 g/mol. The number of carbonyl (C=O) groups is 2. The molecule has 0 atom stereocenters. The highest BCUT2D eigenvalue weighted by atomic mass is 16.2. The van der Waals surface area contributed by atoms with Gasteiger partial charge >= 0.3 is 0 Å². The summed E-state index contributed by atoms with van der Waals surface area (Å²) >= 11 is 0. The Bertz CT molecular complexity index is 867. The van der Waals surface area contributed by atoms with Crippen LogP contribution in [0.3, 0.4) is 0 Å². The number of benzene rings is 1. The first-order chi connectivity index (χ1) is 14.0. The molecule has 1 aromatic carbocycles. The van der Waals surface area contributed by atoms with Gasteiger partial charge in [0.15, 0.2) is 0 Å². The molecule has 0 aliphatic rings. The molecule has 1 aromatic heterocycles. The number of nitrogens with zero attached hydrogens (tertiary/aromatic N) is 4.